The molecule has 0 aliphatic heterocycles. The van der Waals surface area contributed by atoms with E-state index in [1.165, 1.54) is 0 Å². The molecule has 0 amide bonds. The van der Waals surface area contributed by atoms with Crippen molar-refractivity contribution in [2.75, 3.05) is 20.2 Å². The van der Waals surface area contributed by atoms with Crippen LogP contribution >= 0.6 is 0 Å². The van der Waals surface area contributed by atoms with Gasteiger partial charge in [0.25, 0.3) is 0 Å². The van der Waals surface area contributed by atoms with E-state index >= 15 is 0 Å². The number of rotatable bonds is 4. The van der Waals surface area contributed by atoms with Gasteiger partial charge in [-0.2, -0.15) is 0 Å². The third kappa shape index (κ3) is 3.49. The normalized spacial score (nSPS) is 14.3. The van der Waals surface area contributed by atoms with E-state index in [1.54, 1.807) is 0 Å². The maximum absolute atomic E-state index is 8.55. The molecule has 0 aliphatic carbocycles. The van der Waals surface area contributed by atoms with Crippen LogP contribution in [0.25, 0.3) is 0 Å². The minimum atomic E-state index is 0.297. The first-order chi connectivity index (χ1) is 4.22. The maximum Gasteiger partial charge on any atom is 0.0445 e. The van der Waals surface area contributed by atoms with E-state index in [0.717, 1.165) is 13.0 Å². The summed E-state index contributed by atoms with van der Waals surface area (Å²) in [7, 11) is 2.07. The lowest BCUT2D eigenvalue weighted by atomic mass is 10.2. The highest BCUT2D eigenvalue weighted by molar-refractivity contribution is 4.59. The summed E-state index contributed by atoms with van der Waals surface area (Å²) in [5.41, 5.74) is 0. The van der Waals surface area contributed by atoms with Crippen LogP contribution in [-0.4, -0.2) is 36.2 Å². The molecule has 1 unspecified atom stereocenters. The Morgan fingerprint density at radius 1 is 1.56 bits per heavy atom. The Kier molecular flexibility index (Phi) is 4.72. The van der Waals surface area contributed by atoms with Crippen LogP contribution in [0.2, 0.25) is 0 Å². The van der Waals surface area contributed by atoms with Gasteiger partial charge in [0.1, 0.15) is 0 Å². The summed E-state index contributed by atoms with van der Waals surface area (Å²) in [6.45, 7) is 5.60. The molecule has 0 saturated carbocycles. The zero-order valence-corrected chi connectivity index (χ0v) is 6.59. The third-order valence-corrected chi connectivity index (χ3v) is 1.80. The maximum atomic E-state index is 8.55. The molecular weight excluding hydrogens is 114 g/mol. The number of aliphatic hydroxyl groups is 1. The standard InChI is InChI=1S/C7H17NO/c1-4-8(3)7(2)5-6-9/h7,9H,4-6H2,1-3H3. The summed E-state index contributed by atoms with van der Waals surface area (Å²) < 4.78 is 0. The molecule has 2 nitrogen and oxygen atoms in total. The summed E-state index contributed by atoms with van der Waals surface area (Å²) in [6.07, 6.45) is 0.879. The van der Waals surface area contributed by atoms with Gasteiger partial charge in [-0.05, 0) is 26.9 Å². The highest BCUT2D eigenvalue weighted by Gasteiger charge is 2.03. The second-order valence-corrected chi connectivity index (χ2v) is 2.43. The SMILES string of the molecule is CCN(C)C(C)CCO. The molecule has 1 atom stereocenters. The first-order valence-electron chi connectivity index (χ1n) is 3.53. The van der Waals surface area contributed by atoms with Gasteiger partial charge in [-0.3, -0.25) is 0 Å². The number of aliphatic hydroxyl groups excluding tert-OH is 1. The highest BCUT2D eigenvalue weighted by atomic mass is 16.3. The molecule has 0 aromatic rings. The fourth-order valence-corrected chi connectivity index (χ4v) is 0.719. The fourth-order valence-electron chi connectivity index (χ4n) is 0.719. The topological polar surface area (TPSA) is 23.5 Å². The lowest BCUT2D eigenvalue weighted by molar-refractivity contribution is 0.202. The van der Waals surface area contributed by atoms with Crippen LogP contribution in [0, 0.1) is 0 Å². The molecule has 0 spiro atoms. The van der Waals surface area contributed by atoms with Gasteiger partial charge in [0.05, 0.1) is 0 Å². The van der Waals surface area contributed by atoms with Gasteiger partial charge in [0.15, 0.2) is 0 Å². The summed E-state index contributed by atoms with van der Waals surface area (Å²) >= 11 is 0. The van der Waals surface area contributed by atoms with Gasteiger partial charge >= 0.3 is 0 Å². The Morgan fingerprint density at radius 2 is 2.11 bits per heavy atom. The average Bonchev–Trinajstić information content (AvgIpc) is 1.87. The van der Waals surface area contributed by atoms with Crippen LogP contribution in [0.4, 0.5) is 0 Å². The van der Waals surface area contributed by atoms with Crippen molar-refractivity contribution in [1.29, 1.82) is 0 Å². The largest absolute Gasteiger partial charge is 0.396 e. The molecule has 0 aromatic carbocycles. The first kappa shape index (κ1) is 8.92. The second-order valence-electron chi connectivity index (χ2n) is 2.43. The smallest absolute Gasteiger partial charge is 0.0445 e. The van der Waals surface area contributed by atoms with E-state index in [9.17, 15) is 0 Å². The number of hydrogen-bond donors (Lipinski definition) is 1. The lowest BCUT2D eigenvalue weighted by Gasteiger charge is -2.21. The average molecular weight is 131 g/mol. The lowest BCUT2D eigenvalue weighted by Crippen LogP contribution is -2.29. The second kappa shape index (κ2) is 4.77. The van der Waals surface area contributed by atoms with E-state index < -0.39 is 0 Å². The molecule has 0 aromatic heterocycles. The van der Waals surface area contributed by atoms with E-state index in [1.807, 2.05) is 0 Å². The van der Waals surface area contributed by atoms with Crippen molar-refractivity contribution >= 4 is 0 Å². The minimum Gasteiger partial charge on any atom is -0.396 e. The van der Waals surface area contributed by atoms with Crippen molar-refractivity contribution in [3.8, 4) is 0 Å². The van der Waals surface area contributed by atoms with E-state index in [2.05, 4.69) is 25.8 Å². The Bertz CT molecular complexity index is 65.9. The molecule has 0 bridgehead atoms. The number of nitrogens with zero attached hydrogens (tertiary/aromatic N) is 1. The molecule has 0 radical (unpaired) electrons. The van der Waals surface area contributed by atoms with Crippen molar-refractivity contribution in [2.45, 2.75) is 26.3 Å². The molecule has 0 heterocycles. The van der Waals surface area contributed by atoms with Gasteiger partial charge in [-0.1, -0.05) is 6.92 Å². The van der Waals surface area contributed by atoms with E-state index in [-0.39, 0.29) is 0 Å². The predicted octanol–water partition coefficient (Wildman–Crippen LogP) is 0.709. The van der Waals surface area contributed by atoms with Gasteiger partial charge < -0.3 is 10.0 Å². The van der Waals surface area contributed by atoms with Crippen molar-refractivity contribution in [3.63, 3.8) is 0 Å². The quantitative estimate of drug-likeness (QED) is 0.607. The Hall–Kier alpha value is -0.0800. The van der Waals surface area contributed by atoms with Gasteiger partial charge in [0, 0.05) is 12.6 Å². The predicted molar refractivity (Wildman–Crippen MR) is 39.5 cm³/mol. The molecule has 9 heavy (non-hydrogen) atoms. The Balaban J connectivity index is 3.32. The summed E-state index contributed by atoms with van der Waals surface area (Å²) in [5.74, 6) is 0. The zero-order valence-electron chi connectivity index (χ0n) is 6.59. The Labute approximate surface area is 57.5 Å². The van der Waals surface area contributed by atoms with Crippen molar-refractivity contribution in [3.05, 3.63) is 0 Å². The first-order valence-corrected chi connectivity index (χ1v) is 3.53. The third-order valence-electron chi connectivity index (χ3n) is 1.80. The molecule has 0 aliphatic rings. The van der Waals surface area contributed by atoms with Gasteiger partial charge in [-0.25, -0.2) is 0 Å². The van der Waals surface area contributed by atoms with Crippen LogP contribution in [0.3, 0.4) is 0 Å². The van der Waals surface area contributed by atoms with Crippen LogP contribution < -0.4 is 0 Å². The van der Waals surface area contributed by atoms with Crippen LogP contribution in [0.5, 0.6) is 0 Å². The molecule has 1 N–H and O–H groups in total. The summed E-state index contributed by atoms with van der Waals surface area (Å²) in [6, 6.07) is 0.514. The van der Waals surface area contributed by atoms with Crippen molar-refractivity contribution < 1.29 is 5.11 Å². The number of hydrogen-bond acceptors (Lipinski definition) is 2. The van der Waals surface area contributed by atoms with Crippen LogP contribution in [0.15, 0.2) is 0 Å². The van der Waals surface area contributed by atoms with Crippen LogP contribution in [-0.2, 0) is 0 Å². The monoisotopic (exact) mass is 131 g/mol. The summed E-state index contributed by atoms with van der Waals surface area (Å²) in [5, 5.41) is 8.55. The minimum absolute atomic E-state index is 0.297. The van der Waals surface area contributed by atoms with E-state index in [0.29, 0.717) is 12.6 Å². The zero-order chi connectivity index (χ0) is 7.28. The van der Waals surface area contributed by atoms with Crippen molar-refractivity contribution in [2.24, 2.45) is 0 Å². The molecule has 0 rings (SSSR count). The summed E-state index contributed by atoms with van der Waals surface area (Å²) in [4.78, 5) is 2.22. The highest BCUT2D eigenvalue weighted by Crippen LogP contribution is 1.97. The molecule has 0 fully saturated rings. The van der Waals surface area contributed by atoms with Crippen LogP contribution in [0.1, 0.15) is 20.3 Å². The van der Waals surface area contributed by atoms with E-state index in [4.69, 9.17) is 5.11 Å². The Morgan fingerprint density at radius 3 is 2.44 bits per heavy atom. The van der Waals surface area contributed by atoms with Gasteiger partial charge in [-0.15, -0.1) is 0 Å². The molecule has 2 heteroatoms. The van der Waals surface area contributed by atoms with Gasteiger partial charge in [0.2, 0.25) is 0 Å². The molecule has 56 valence electrons. The fraction of sp³-hybridized carbons (Fsp3) is 1.00. The molecular formula is C7H17NO. The molecule has 0 saturated heterocycles. The van der Waals surface area contributed by atoms with Crippen molar-refractivity contribution in [1.82, 2.24) is 4.90 Å².